The fourth-order valence-electron chi connectivity index (χ4n) is 5.06. The molecule has 1 aliphatic heterocycles. The molecule has 0 radical (unpaired) electrons. The standard InChI is InChI=1S/C29H36F2N7O7P/c1-16(2)43-24(39)17(3)36-46(41,45-20-13-9-11-18-10-7-8-12-19(18)20)42-14-29(31)25(40)28(4,30)26(44-29)38-15-33-21-22(37(5)6)34-27(32)35-23(21)38/h7-13,15-17,25-26,40H,14H2,1-6H3,(H,36,41)(H2,32,34,35)/t17-,25-,26+,28+,29+,46-/m0/s1. The van der Waals surface area contributed by atoms with Gasteiger partial charge in [-0.2, -0.15) is 15.1 Å². The highest BCUT2D eigenvalue weighted by Crippen LogP contribution is 2.52. The Morgan fingerprint density at radius 1 is 1.20 bits per heavy atom. The molecule has 0 bridgehead atoms. The second-order valence-electron chi connectivity index (χ2n) is 11.6. The molecule has 3 heterocycles. The number of fused-ring (bicyclic) bond motifs is 2. The van der Waals surface area contributed by atoms with Gasteiger partial charge in [0, 0.05) is 19.5 Å². The van der Waals surface area contributed by atoms with E-state index in [9.17, 15) is 14.5 Å². The smallest absolute Gasteiger partial charge is 0.459 e. The number of nitrogen functional groups attached to an aromatic ring is 1. The summed E-state index contributed by atoms with van der Waals surface area (Å²) < 4.78 is 70.0. The first-order valence-corrected chi connectivity index (χ1v) is 15.9. The first kappa shape index (κ1) is 33.4. The monoisotopic (exact) mass is 663 g/mol. The highest BCUT2D eigenvalue weighted by atomic mass is 31.2. The molecule has 6 atom stereocenters. The third-order valence-corrected chi connectivity index (χ3v) is 8.90. The van der Waals surface area contributed by atoms with Crippen LogP contribution in [0.1, 0.15) is 33.9 Å². The van der Waals surface area contributed by atoms with E-state index in [0.29, 0.717) is 11.2 Å². The van der Waals surface area contributed by atoms with Gasteiger partial charge in [-0.05, 0) is 39.1 Å². The number of imidazole rings is 1. The number of nitrogens with two attached hydrogens (primary N) is 1. The van der Waals surface area contributed by atoms with Crippen LogP contribution < -0.4 is 20.2 Å². The van der Waals surface area contributed by atoms with Crippen molar-refractivity contribution in [1.82, 2.24) is 24.6 Å². The Bertz CT molecular complexity index is 1800. The van der Waals surface area contributed by atoms with Gasteiger partial charge in [0.15, 0.2) is 35.0 Å². The van der Waals surface area contributed by atoms with Crippen molar-refractivity contribution in [3.05, 3.63) is 48.8 Å². The number of carbonyl (C=O) groups is 1. The summed E-state index contributed by atoms with van der Waals surface area (Å²) in [6.07, 6.45) is -3.60. The number of ether oxygens (including phenoxy) is 2. The molecule has 2 aromatic carbocycles. The van der Waals surface area contributed by atoms with Crippen LogP contribution in [0.3, 0.4) is 0 Å². The van der Waals surface area contributed by atoms with Crippen molar-refractivity contribution in [2.75, 3.05) is 31.3 Å². The number of rotatable bonds is 11. The summed E-state index contributed by atoms with van der Waals surface area (Å²) in [5.74, 6) is -3.80. The Hall–Kier alpha value is -3.95. The second-order valence-corrected chi connectivity index (χ2v) is 13.3. The number of halogens is 2. The lowest BCUT2D eigenvalue weighted by atomic mass is 9.97. The fourth-order valence-corrected chi connectivity index (χ4v) is 6.58. The van der Waals surface area contributed by atoms with E-state index in [1.165, 1.54) is 13.0 Å². The summed E-state index contributed by atoms with van der Waals surface area (Å²) in [4.78, 5) is 26.7. The van der Waals surface area contributed by atoms with Crippen LogP contribution in [-0.4, -0.2) is 81.1 Å². The number of anilines is 2. The first-order chi connectivity index (χ1) is 21.5. The van der Waals surface area contributed by atoms with E-state index in [1.807, 2.05) is 0 Å². The van der Waals surface area contributed by atoms with E-state index in [4.69, 9.17) is 24.3 Å². The molecule has 1 aliphatic rings. The first-order valence-electron chi connectivity index (χ1n) is 14.4. The molecule has 1 saturated heterocycles. The number of hydrogen-bond donors (Lipinski definition) is 3. The van der Waals surface area contributed by atoms with Crippen molar-refractivity contribution >= 4 is 47.4 Å². The number of esters is 1. The van der Waals surface area contributed by atoms with Gasteiger partial charge in [0.25, 0.3) is 5.85 Å². The lowest BCUT2D eigenvalue weighted by molar-refractivity contribution is -0.202. The summed E-state index contributed by atoms with van der Waals surface area (Å²) in [6, 6.07) is 10.7. The normalized spacial score (nSPS) is 25.1. The lowest BCUT2D eigenvalue weighted by Gasteiger charge is -2.28. The number of carbonyl (C=O) groups excluding carboxylic acids is 1. The summed E-state index contributed by atoms with van der Waals surface area (Å²) in [7, 11) is -1.29. The van der Waals surface area contributed by atoms with E-state index >= 15 is 8.78 Å². The zero-order valence-electron chi connectivity index (χ0n) is 26.0. The molecule has 2 aromatic heterocycles. The van der Waals surface area contributed by atoms with Gasteiger partial charge < -0.3 is 29.7 Å². The maximum Gasteiger partial charge on any atom is 0.459 e. The average Bonchev–Trinajstić information content (AvgIpc) is 3.47. The minimum absolute atomic E-state index is 0.0200. The van der Waals surface area contributed by atoms with Crippen molar-refractivity contribution < 1.29 is 41.8 Å². The molecule has 4 N–H and O–H groups in total. The molecular formula is C29H36F2N7O7P. The topological polar surface area (TPSA) is 176 Å². The Kier molecular flexibility index (Phi) is 8.96. The molecule has 0 amide bonds. The maximum absolute atomic E-state index is 16.5. The van der Waals surface area contributed by atoms with Crippen LogP contribution >= 0.6 is 7.75 Å². The van der Waals surface area contributed by atoms with Crippen molar-refractivity contribution in [1.29, 1.82) is 0 Å². The predicted molar refractivity (Wildman–Crippen MR) is 166 cm³/mol. The lowest BCUT2D eigenvalue weighted by Crippen LogP contribution is -2.47. The molecule has 5 rings (SSSR count). The van der Waals surface area contributed by atoms with E-state index in [-0.39, 0.29) is 22.9 Å². The van der Waals surface area contributed by atoms with Gasteiger partial charge in [0.2, 0.25) is 5.95 Å². The number of benzene rings is 2. The van der Waals surface area contributed by atoms with Crippen LogP contribution in [-0.2, 0) is 23.4 Å². The second kappa shape index (κ2) is 12.3. The minimum Gasteiger partial charge on any atom is -0.462 e. The number of nitrogens with zero attached hydrogens (tertiary/aromatic N) is 5. The van der Waals surface area contributed by atoms with E-state index < -0.39 is 56.3 Å². The molecule has 0 spiro atoms. The van der Waals surface area contributed by atoms with Gasteiger partial charge in [-0.25, -0.2) is 18.3 Å². The zero-order valence-corrected chi connectivity index (χ0v) is 26.9. The average molecular weight is 664 g/mol. The van der Waals surface area contributed by atoms with Crippen molar-refractivity contribution in [3.63, 3.8) is 0 Å². The van der Waals surface area contributed by atoms with Crippen molar-refractivity contribution in [2.24, 2.45) is 0 Å². The molecule has 1 fully saturated rings. The van der Waals surface area contributed by atoms with Crippen LogP contribution in [0.4, 0.5) is 20.5 Å². The molecule has 46 heavy (non-hydrogen) atoms. The number of aliphatic hydroxyl groups excluding tert-OH is 1. The SMILES string of the molecule is CC(C)OC(=O)[C@H](C)N[P@](=O)(OC[C@@]1(F)O[C@@H](n2cnc3c(N(C)C)nc(N)nc32)[C@](C)(F)[C@@H]1O)Oc1cccc2ccccc12. The maximum atomic E-state index is 16.5. The number of aromatic nitrogens is 4. The largest absolute Gasteiger partial charge is 0.462 e. The minimum atomic E-state index is -4.67. The van der Waals surface area contributed by atoms with Crippen LogP contribution in [0.15, 0.2) is 48.8 Å². The molecular weight excluding hydrogens is 627 g/mol. The van der Waals surface area contributed by atoms with E-state index in [1.54, 1.807) is 69.2 Å². The van der Waals surface area contributed by atoms with Crippen molar-refractivity contribution in [2.45, 2.75) is 63.7 Å². The number of aliphatic hydroxyl groups is 1. The van der Waals surface area contributed by atoms with Gasteiger partial charge in [-0.1, -0.05) is 36.4 Å². The van der Waals surface area contributed by atoms with Crippen LogP contribution in [0.5, 0.6) is 5.75 Å². The predicted octanol–water partition coefficient (Wildman–Crippen LogP) is 4.04. The quantitative estimate of drug-likeness (QED) is 0.155. The van der Waals surface area contributed by atoms with E-state index in [2.05, 4.69) is 20.0 Å². The number of alkyl halides is 2. The van der Waals surface area contributed by atoms with Gasteiger partial charge in [0.05, 0.1) is 12.4 Å². The number of nitrogens with one attached hydrogen (secondary N) is 1. The summed E-state index contributed by atoms with van der Waals surface area (Å²) >= 11 is 0. The Labute approximate surface area is 263 Å². The van der Waals surface area contributed by atoms with Gasteiger partial charge in [-0.15, -0.1) is 0 Å². The molecule has 4 aromatic rings. The van der Waals surface area contributed by atoms with Crippen molar-refractivity contribution in [3.8, 4) is 5.75 Å². The molecule has 0 unspecified atom stereocenters. The molecule has 14 nitrogen and oxygen atoms in total. The van der Waals surface area contributed by atoms with Crippen LogP contribution in [0, 0.1) is 0 Å². The molecule has 248 valence electrons. The third-order valence-electron chi connectivity index (χ3n) is 7.29. The van der Waals surface area contributed by atoms with Gasteiger partial charge in [-0.3, -0.25) is 13.9 Å². The van der Waals surface area contributed by atoms with Crippen LogP contribution in [0.2, 0.25) is 0 Å². The Balaban J connectivity index is 1.46. The number of hydrogen-bond acceptors (Lipinski definition) is 12. The van der Waals surface area contributed by atoms with E-state index in [0.717, 1.165) is 23.2 Å². The van der Waals surface area contributed by atoms with Gasteiger partial charge >= 0.3 is 13.7 Å². The molecule has 17 heteroatoms. The third kappa shape index (κ3) is 6.35. The highest BCUT2D eigenvalue weighted by molar-refractivity contribution is 7.52. The Morgan fingerprint density at radius 2 is 1.89 bits per heavy atom. The summed E-state index contributed by atoms with van der Waals surface area (Å²) in [5.41, 5.74) is 3.32. The fraction of sp³-hybridized carbons (Fsp3) is 0.448. The summed E-state index contributed by atoms with van der Waals surface area (Å²) in [6.45, 7) is 4.27. The summed E-state index contributed by atoms with van der Waals surface area (Å²) in [5, 5.41) is 14.7. The molecule has 0 saturated carbocycles. The molecule has 0 aliphatic carbocycles. The zero-order chi connectivity index (χ0) is 33.6. The highest BCUT2D eigenvalue weighted by Gasteiger charge is 2.65. The van der Waals surface area contributed by atoms with Gasteiger partial charge in [0.1, 0.15) is 18.4 Å². The van der Waals surface area contributed by atoms with Crippen LogP contribution in [0.25, 0.3) is 21.9 Å². The Morgan fingerprint density at radius 3 is 2.59 bits per heavy atom.